The predicted molar refractivity (Wildman–Crippen MR) is 283 cm³/mol. The highest BCUT2D eigenvalue weighted by molar-refractivity contribution is 6.04. The van der Waals surface area contributed by atoms with E-state index in [-0.39, 0.29) is 48.1 Å². The fraction of sp³-hybridized carbons (Fsp3) is 0.421. The first-order valence-corrected chi connectivity index (χ1v) is 26.6. The third-order valence-electron chi connectivity index (χ3n) is 16.6. The SMILES string of the molecule is CN1C(=O)C(NC(=O)c2n[nH]c(Cc3ccccc3)n2)COc2cc(N3CCC4(CCOC(C5CC6CCN5CCN6c5ccc6c(c5)N(C)C(=O)[C@H](NC(=O)c5cc(Cc7ccccc7)on5)CO6)C4)CC3)ccc21. The van der Waals surface area contributed by atoms with E-state index < -0.39 is 23.9 Å². The molecule has 0 saturated carbocycles. The van der Waals surface area contributed by atoms with Crippen LogP contribution in [0.15, 0.2) is 108 Å². The molecule has 19 heteroatoms. The summed E-state index contributed by atoms with van der Waals surface area (Å²) in [6.07, 6.45) is 7.33. The van der Waals surface area contributed by atoms with Crippen molar-refractivity contribution in [1.82, 2.24) is 35.9 Å². The summed E-state index contributed by atoms with van der Waals surface area (Å²) >= 11 is 0. The molecule has 5 unspecified atom stereocenters. The van der Waals surface area contributed by atoms with Crippen molar-refractivity contribution < 1.29 is 37.9 Å². The number of benzene rings is 4. The highest BCUT2D eigenvalue weighted by Gasteiger charge is 2.47. The first-order valence-electron chi connectivity index (χ1n) is 26.6. The number of likely N-dealkylation sites (N-methyl/N-ethyl adjacent to an activating group) is 2. The maximum Gasteiger partial charge on any atom is 0.291 e. The molecule has 9 heterocycles. The molecule has 4 aromatic carbocycles. The first-order chi connectivity index (χ1) is 37.0. The quantitative estimate of drug-likeness (QED) is 0.149. The number of nitrogens with one attached hydrogen (secondary N) is 3. The molecule has 76 heavy (non-hydrogen) atoms. The van der Waals surface area contributed by atoms with Gasteiger partial charge in [-0.2, -0.15) is 0 Å². The molecule has 0 radical (unpaired) electrons. The summed E-state index contributed by atoms with van der Waals surface area (Å²) in [5, 5.41) is 16.6. The number of ether oxygens (including phenoxy) is 3. The lowest BCUT2D eigenvalue weighted by Gasteiger charge is -2.50. The average molecular weight is 1030 g/mol. The normalized spacial score (nSPS) is 24.1. The Balaban J connectivity index is 0.648. The van der Waals surface area contributed by atoms with Crippen LogP contribution in [0.4, 0.5) is 22.7 Å². The Bertz CT molecular complexity index is 3100. The van der Waals surface area contributed by atoms with Gasteiger partial charge in [0.05, 0.1) is 17.5 Å². The van der Waals surface area contributed by atoms with E-state index in [2.05, 4.69) is 63.9 Å². The molecule has 2 bridgehead atoms. The second-order valence-electron chi connectivity index (χ2n) is 21.2. The monoisotopic (exact) mass is 1030 g/mol. The smallest absolute Gasteiger partial charge is 0.291 e. The van der Waals surface area contributed by atoms with Crippen LogP contribution in [0.1, 0.15) is 82.3 Å². The van der Waals surface area contributed by atoms with Crippen molar-refractivity contribution in [1.29, 1.82) is 0 Å². The molecule has 7 aliphatic rings. The summed E-state index contributed by atoms with van der Waals surface area (Å²) in [7, 11) is 3.44. The molecule has 5 saturated heterocycles. The number of hydrogen-bond donors (Lipinski definition) is 3. The van der Waals surface area contributed by atoms with Crippen molar-refractivity contribution in [2.75, 3.05) is 86.2 Å². The summed E-state index contributed by atoms with van der Waals surface area (Å²) in [5.74, 6) is 0.649. The van der Waals surface area contributed by atoms with E-state index in [4.69, 9.17) is 18.7 Å². The topological polar surface area (TPSA) is 204 Å². The number of aromatic nitrogens is 4. The maximum atomic E-state index is 13.9. The van der Waals surface area contributed by atoms with Crippen molar-refractivity contribution in [3.05, 3.63) is 137 Å². The van der Waals surface area contributed by atoms with Crippen LogP contribution in [0, 0.1) is 5.41 Å². The number of piperidine rings is 2. The van der Waals surface area contributed by atoms with Crippen LogP contribution in [0.5, 0.6) is 11.5 Å². The van der Waals surface area contributed by atoms with Crippen molar-refractivity contribution in [3.63, 3.8) is 0 Å². The van der Waals surface area contributed by atoms with Crippen molar-refractivity contribution in [2.45, 2.75) is 81.6 Å². The second kappa shape index (κ2) is 20.7. The standard InChI is InChI=1S/C57H63N11O8/c1-64-45-15-13-38(31-49(45)75-35-44(55(64)71)59-54(70)52-60-51(61-62-52)28-37-11-7-4-8-12-37)66-22-18-57(19-23-66)20-26-73-50(33-57)47-30-40-17-21-67(47)24-25-68(40)39-14-16-48-46(29-39)65(2)56(72)43(34-74-48)58-53(69)42-32-41(76-63-42)27-36-9-5-3-6-10-36/h3-16,29,31-32,40,43-44,47,50H,17-28,30,33-35H2,1-2H3,(H,58,69)(H,59,70)(H,60,61,62)/t40?,43-,44?,47?,50?/m1/s1. The lowest BCUT2D eigenvalue weighted by molar-refractivity contribution is -0.121. The minimum absolute atomic E-state index is 0.0160. The van der Waals surface area contributed by atoms with Crippen LogP contribution in [-0.2, 0) is 27.2 Å². The zero-order valence-corrected chi connectivity index (χ0v) is 42.9. The van der Waals surface area contributed by atoms with Crippen molar-refractivity contribution in [3.8, 4) is 11.5 Å². The summed E-state index contributed by atoms with van der Waals surface area (Å²) < 4.78 is 24.7. The number of anilines is 4. The second-order valence-corrected chi connectivity index (χ2v) is 21.2. The lowest BCUT2D eigenvalue weighted by atomic mass is 9.69. The minimum atomic E-state index is -0.925. The van der Waals surface area contributed by atoms with E-state index >= 15 is 0 Å². The fourth-order valence-corrected chi connectivity index (χ4v) is 12.3. The summed E-state index contributed by atoms with van der Waals surface area (Å²) in [4.78, 5) is 69.3. The Morgan fingerprint density at radius 3 is 2.18 bits per heavy atom. The van der Waals surface area contributed by atoms with E-state index in [9.17, 15) is 19.2 Å². The largest absolute Gasteiger partial charge is 0.489 e. The highest BCUT2D eigenvalue weighted by Crippen LogP contribution is 2.47. The molecular formula is C57H63N11O8. The van der Waals surface area contributed by atoms with Crippen LogP contribution in [0.3, 0.4) is 0 Å². The molecule has 13 rings (SSSR count). The van der Waals surface area contributed by atoms with Gasteiger partial charge in [-0.1, -0.05) is 65.8 Å². The van der Waals surface area contributed by atoms with Crippen LogP contribution < -0.4 is 39.7 Å². The number of nitrogens with zero attached hydrogens (tertiary/aromatic N) is 8. The Kier molecular flexibility index (Phi) is 13.4. The van der Waals surface area contributed by atoms with Gasteiger partial charge >= 0.3 is 0 Å². The van der Waals surface area contributed by atoms with Gasteiger partial charge in [0.15, 0.2) is 5.69 Å². The molecule has 5 fully saturated rings. The molecule has 1 spiro atoms. The Labute approximate surface area is 440 Å². The van der Waals surface area contributed by atoms with Crippen LogP contribution in [-0.4, -0.2) is 146 Å². The first kappa shape index (κ1) is 49.1. The third-order valence-corrected chi connectivity index (χ3v) is 16.6. The molecule has 3 N–H and O–H groups in total. The fourth-order valence-electron chi connectivity index (χ4n) is 12.3. The molecule has 6 aromatic rings. The number of carbonyl (C=O) groups excluding carboxylic acids is 4. The number of amides is 4. The average Bonchev–Trinajstić information content (AvgIpc) is 3.98. The number of fused-ring (bicyclic) bond motifs is 6. The Morgan fingerprint density at radius 1 is 0.724 bits per heavy atom. The minimum Gasteiger partial charge on any atom is -0.489 e. The van der Waals surface area contributed by atoms with Gasteiger partial charge in [0.25, 0.3) is 23.6 Å². The molecule has 4 amide bonds. The Morgan fingerprint density at radius 2 is 1.42 bits per heavy atom. The highest BCUT2D eigenvalue weighted by atomic mass is 16.5. The zero-order chi connectivity index (χ0) is 51.9. The van der Waals surface area contributed by atoms with Gasteiger partial charge in [-0.15, -0.1) is 5.10 Å². The van der Waals surface area contributed by atoms with Gasteiger partial charge in [0.2, 0.25) is 5.82 Å². The number of carbonyl (C=O) groups is 4. The van der Waals surface area contributed by atoms with Crippen LogP contribution in [0.25, 0.3) is 0 Å². The van der Waals surface area contributed by atoms with Crippen LogP contribution in [0.2, 0.25) is 0 Å². The number of H-pyrrole nitrogens is 1. The van der Waals surface area contributed by atoms with Gasteiger partial charge in [0, 0.05) is 102 Å². The Hall–Kier alpha value is -7.77. The molecule has 7 aliphatic heterocycles. The van der Waals surface area contributed by atoms with Crippen molar-refractivity contribution >= 4 is 46.4 Å². The van der Waals surface area contributed by atoms with E-state index in [1.54, 1.807) is 30.0 Å². The van der Waals surface area contributed by atoms with E-state index in [0.29, 0.717) is 59.4 Å². The molecule has 0 aliphatic carbocycles. The molecule has 2 aromatic heterocycles. The number of rotatable bonds is 11. The number of hydrogen-bond acceptors (Lipinski definition) is 14. The van der Waals surface area contributed by atoms with Crippen molar-refractivity contribution in [2.24, 2.45) is 5.41 Å². The molecule has 6 atom stereocenters. The van der Waals surface area contributed by atoms with E-state index in [1.165, 1.54) is 0 Å². The van der Waals surface area contributed by atoms with Crippen LogP contribution >= 0.6 is 0 Å². The van der Waals surface area contributed by atoms with Gasteiger partial charge in [-0.05, 0) is 85.4 Å². The molecular weight excluding hydrogens is 967 g/mol. The summed E-state index contributed by atoms with van der Waals surface area (Å²) in [6.45, 7) is 5.28. The van der Waals surface area contributed by atoms with Gasteiger partial charge < -0.3 is 49.0 Å². The summed E-state index contributed by atoms with van der Waals surface area (Å²) in [5.41, 5.74) is 5.77. The lowest BCUT2D eigenvalue weighted by Crippen LogP contribution is -2.54. The van der Waals surface area contributed by atoms with Gasteiger partial charge in [-0.3, -0.25) is 29.2 Å². The van der Waals surface area contributed by atoms with E-state index in [0.717, 1.165) is 100 Å². The third kappa shape index (κ3) is 9.96. The molecule has 394 valence electrons. The number of aromatic amines is 1. The zero-order valence-electron chi connectivity index (χ0n) is 42.9. The predicted octanol–water partition coefficient (Wildman–Crippen LogP) is 5.40. The summed E-state index contributed by atoms with van der Waals surface area (Å²) in [6, 6.07) is 32.1. The molecule has 19 nitrogen and oxygen atoms in total. The van der Waals surface area contributed by atoms with Gasteiger partial charge in [0.1, 0.15) is 48.4 Å². The van der Waals surface area contributed by atoms with E-state index in [1.807, 2.05) is 78.9 Å². The maximum absolute atomic E-state index is 13.9. The van der Waals surface area contributed by atoms with Gasteiger partial charge in [-0.25, -0.2) is 4.98 Å².